The van der Waals surface area contributed by atoms with Crippen molar-refractivity contribution in [3.63, 3.8) is 0 Å². The van der Waals surface area contributed by atoms with Crippen molar-refractivity contribution in [2.45, 2.75) is 37.6 Å². The maximum Gasteiger partial charge on any atom is 0.376 e. The third kappa shape index (κ3) is 4.84. The van der Waals surface area contributed by atoms with E-state index in [-0.39, 0.29) is 19.4 Å². The molecule has 2 aromatic carbocycles. The summed E-state index contributed by atoms with van der Waals surface area (Å²) in [6, 6.07) is 19.1. The molecule has 0 radical (unpaired) electrons. The first-order valence-corrected chi connectivity index (χ1v) is 11.6. The zero-order chi connectivity index (χ0) is 25.7. The van der Waals surface area contributed by atoms with Gasteiger partial charge in [0.2, 0.25) is 0 Å². The normalized spacial score (nSPS) is 21.5. The maximum absolute atomic E-state index is 13.7. The Morgan fingerprint density at radius 1 is 1.19 bits per heavy atom. The van der Waals surface area contributed by atoms with E-state index in [4.69, 9.17) is 31.8 Å². The van der Waals surface area contributed by atoms with E-state index in [0.717, 1.165) is 5.06 Å². The quantitative estimate of drug-likeness (QED) is 0.318. The lowest BCUT2D eigenvalue weighted by Crippen LogP contribution is -2.57. The second kappa shape index (κ2) is 10.7. The summed E-state index contributed by atoms with van der Waals surface area (Å²) in [5.41, 5.74) is -0.690. The number of benzene rings is 2. The van der Waals surface area contributed by atoms with Crippen molar-refractivity contribution in [3.05, 3.63) is 84.1 Å². The lowest BCUT2D eigenvalue weighted by Gasteiger charge is -2.34. The van der Waals surface area contributed by atoms with Gasteiger partial charge in [-0.2, -0.15) is 10.3 Å². The molecule has 2 saturated heterocycles. The van der Waals surface area contributed by atoms with Gasteiger partial charge in [-0.05, 0) is 18.1 Å². The number of amides is 1. The Morgan fingerprint density at radius 2 is 1.81 bits per heavy atom. The standard InChI is InChI=1S/C26H23N3O6S/c1-18(36)28(16-8-15-27)21-17-33-29(24(21)31)26(14-13-22(30)35-26)25(32)34-23(19-9-4-2-5-10-19)20-11-6-3-7-12-20/h2-12,16,21,23H,13-14,17H2,1H3/t21-,26?/m0/s1. The van der Waals surface area contributed by atoms with E-state index in [1.807, 2.05) is 66.7 Å². The van der Waals surface area contributed by atoms with Crippen molar-refractivity contribution in [1.29, 1.82) is 5.26 Å². The summed E-state index contributed by atoms with van der Waals surface area (Å²) in [5, 5.41) is 9.67. The van der Waals surface area contributed by atoms with Gasteiger partial charge in [-0.25, -0.2) is 4.79 Å². The van der Waals surface area contributed by atoms with E-state index in [0.29, 0.717) is 16.1 Å². The van der Waals surface area contributed by atoms with Gasteiger partial charge in [0, 0.05) is 18.7 Å². The van der Waals surface area contributed by atoms with E-state index >= 15 is 0 Å². The number of allylic oxidation sites excluding steroid dienone is 1. The summed E-state index contributed by atoms with van der Waals surface area (Å²) >= 11 is 5.22. The number of carbonyl (C=O) groups is 3. The number of nitrogens with zero attached hydrogens (tertiary/aromatic N) is 3. The number of thiocarbonyl (C=S) groups is 1. The number of hydrogen-bond donors (Lipinski definition) is 0. The highest BCUT2D eigenvalue weighted by Crippen LogP contribution is 2.38. The molecule has 4 rings (SSSR count). The largest absolute Gasteiger partial charge is 0.448 e. The monoisotopic (exact) mass is 505 g/mol. The van der Waals surface area contributed by atoms with Gasteiger partial charge in [0.1, 0.15) is 12.6 Å². The molecule has 9 nitrogen and oxygen atoms in total. The Kier molecular flexibility index (Phi) is 7.43. The third-order valence-corrected chi connectivity index (χ3v) is 6.09. The molecule has 2 heterocycles. The average Bonchev–Trinajstić information content (AvgIpc) is 3.47. The number of cyclic esters (lactones) is 1. The van der Waals surface area contributed by atoms with Gasteiger partial charge in [-0.15, -0.1) is 0 Å². The van der Waals surface area contributed by atoms with E-state index in [2.05, 4.69) is 0 Å². The summed E-state index contributed by atoms with van der Waals surface area (Å²) in [4.78, 5) is 46.7. The van der Waals surface area contributed by atoms with Crippen LogP contribution in [0.5, 0.6) is 0 Å². The lowest BCUT2D eigenvalue weighted by molar-refractivity contribution is -0.260. The van der Waals surface area contributed by atoms with Crippen LogP contribution in [-0.4, -0.2) is 51.2 Å². The molecule has 10 heteroatoms. The van der Waals surface area contributed by atoms with Gasteiger partial charge >= 0.3 is 17.7 Å². The SMILES string of the molecule is CC(=S)N(C=CC#N)[C@H]1CON(C2(C(=O)OC(c3ccccc3)c3ccccc3)CCC(=O)O2)C1=O. The van der Waals surface area contributed by atoms with Crippen molar-refractivity contribution in [1.82, 2.24) is 9.96 Å². The second-order valence-corrected chi connectivity index (χ2v) is 8.77. The zero-order valence-electron chi connectivity index (χ0n) is 19.4. The minimum atomic E-state index is -2.09. The zero-order valence-corrected chi connectivity index (χ0v) is 20.2. The van der Waals surface area contributed by atoms with Gasteiger partial charge in [-0.3, -0.25) is 14.4 Å². The van der Waals surface area contributed by atoms with Crippen LogP contribution in [0.25, 0.3) is 0 Å². The highest BCUT2D eigenvalue weighted by molar-refractivity contribution is 7.80. The number of hydroxylamine groups is 2. The first-order valence-electron chi connectivity index (χ1n) is 11.2. The number of carbonyl (C=O) groups excluding carboxylic acids is 3. The predicted molar refractivity (Wildman–Crippen MR) is 130 cm³/mol. The molecule has 0 bridgehead atoms. The molecule has 2 atom stereocenters. The van der Waals surface area contributed by atoms with E-state index in [1.165, 1.54) is 17.2 Å². The van der Waals surface area contributed by atoms with Crippen LogP contribution in [0.4, 0.5) is 0 Å². The first kappa shape index (κ1) is 25.0. The molecule has 2 aromatic rings. The van der Waals surface area contributed by atoms with Crippen molar-refractivity contribution in [2.24, 2.45) is 0 Å². The minimum absolute atomic E-state index is 0.0987. The number of rotatable bonds is 7. The van der Waals surface area contributed by atoms with Gasteiger partial charge in [-0.1, -0.05) is 72.9 Å². The summed E-state index contributed by atoms with van der Waals surface area (Å²) in [7, 11) is 0. The third-order valence-electron chi connectivity index (χ3n) is 5.88. The van der Waals surface area contributed by atoms with E-state index in [1.54, 1.807) is 6.92 Å². The van der Waals surface area contributed by atoms with Gasteiger partial charge < -0.3 is 14.4 Å². The minimum Gasteiger partial charge on any atom is -0.448 e. The number of ether oxygens (including phenoxy) is 2. The van der Waals surface area contributed by atoms with E-state index in [9.17, 15) is 14.4 Å². The molecule has 0 saturated carbocycles. The topological polar surface area (TPSA) is 109 Å². The Hall–Kier alpha value is -4.07. The van der Waals surface area contributed by atoms with Gasteiger partial charge in [0.25, 0.3) is 5.91 Å². The Balaban J connectivity index is 1.66. The summed E-state index contributed by atoms with van der Waals surface area (Å²) < 4.78 is 11.4. The molecule has 184 valence electrons. The van der Waals surface area contributed by atoms with Gasteiger partial charge in [0.05, 0.1) is 17.5 Å². The van der Waals surface area contributed by atoms with Crippen LogP contribution in [0.3, 0.4) is 0 Å². The van der Waals surface area contributed by atoms with Crippen LogP contribution in [-0.2, 0) is 28.7 Å². The van der Waals surface area contributed by atoms with Crippen LogP contribution in [0.15, 0.2) is 72.9 Å². The number of hydrogen-bond acceptors (Lipinski definition) is 8. The summed E-state index contributed by atoms with van der Waals surface area (Å²) in [5.74, 6) is -2.24. The Bertz CT molecular complexity index is 1190. The molecule has 36 heavy (non-hydrogen) atoms. The van der Waals surface area contributed by atoms with Crippen LogP contribution in [0, 0.1) is 11.3 Å². The number of esters is 2. The van der Waals surface area contributed by atoms with Crippen molar-refractivity contribution >= 4 is 35.1 Å². The van der Waals surface area contributed by atoms with Gasteiger partial charge in [0.15, 0.2) is 6.10 Å². The average molecular weight is 506 g/mol. The molecule has 0 spiro atoms. The fourth-order valence-corrected chi connectivity index (χ4v) is 4.34. The predicted octanol–water partition coefficient (Wildman–Crippen LogP) is 3.18. The fraction of sp³-hybridized carbons (Fsp3) is 0.269. The lowest BCUT2D eigenvalue weighted by atomic mass is 10.0. The fourth-order valence-electron chi connectivity index (χ4n) is 4.15. The van der Waals surface area contributed by atoms with Crippen molar-refractivity contribution in [2.75, 3.05) is 6.61 Å². The molecule has 1 unspecified atom stereocenters. The van der Waals surface area contributed by atoms with Crippen molar-refractivity contribution < 1.29 is 28.7 Å². The number of nitriles is 1. The van der Waals surface area contributed by atoms with Crippen molar-refractivity contribution in [3.8, 4) is 6.07 Å². The molecule has 2 aliphatic rings. The van der Waals surface area contributed by atoms with E-state index < -0.39 is 35.7 Å². The molecule has 0 aliphatic carbocycles. The Morgan fingerprint density at radius 3 is 2.31 bits per heavy atom. The maximum atomic E-state index is 13.7. The van der Waals surface area contributed by atoms with Crippen LogP contribution in [0.2, 0.25) is 0 Å². The Labute approximate surface area is 213 Å². The first-order chi connectivity index (χ1) is 17.4. The molecule has 2 fully saturated rings. The summed E-state index contributed by atoms with van der Waals surface area (Å²) in [6.45, 7) is 1.42. The molecule has 0 N–H and O–H groups in total. The van der Waals surface area contributed by atoms with Crippen LogP contribution < -0.4 is 0 Å². The molecule has 2 aliphatic heterocycles. The summed E-state index contributed by atoms with van der Waals surface area (Å²) in [6.07, 6.45) is 1.49. The smallest absolute Gasteiger partial charge is 0.376 e. The van der Waals surface area contributed by atoms with Crippen LogP contribution >= 0.6 is 12.2 Å². The molecular weight excluding hydrogens is 482 g/mol. The molecular formula is C26H23N3O6S. The second-order valence-electron chi connectivity index (χ2n) is 8.18. The molecule has 1 amide bonds. The van der Waals surface area contributed by atoms with Crippen LogP contribution in [0.1, 0.15) is 37.0 Å². The molecule has 0 aromatic heterocycles. The highest BCUT2D eigenvalue weighted by atomic mass is 32.1. The highest BCUT2D eigenvalue weighted by Gasteiger charge is 2.60.